The van der Waals surface area contributed by atoms with Crippen LogP contribution in [0.5, 0.6) is 5.88 Å². The third-order valence-corrected chi connectivity index (χ3v) is 6.61. The molecule has 178 valence electrons. The lowest BCUT2D eigenvalue weighted by molar-refractivity contribution is 0.0874. The van der Waals surface area contributed by atoms with Crippen molar-refractivity contribution in [2.75, 3.05) is 18.5 Å². The third kappa shape index (κ3) is 5.97. The number of carbonyl (C=O) groups excluding carboxylic acids is 2. The van der Waals surface area contributed by atoms with E-state index in [4.69, 9.17) is 15.2 Å². The van der Waals surface area contributed by atoms with E-state index >= 15 is 0 Å². The first-order chi connectivity index (χ1) is 15.9. The number of pyridine rings is 1. The Morgan fingerprint density at radius 1 is 1.27 bits per heavy atom. The van der Waals surface area contributed by atoms with Gasteiger partial charge >= 0.3 is 0 Å². The van der Waals surface area contributed by atoms with Gasteiger partial charge in [0, 0.05) is 24.6 Å². The molecule has 1 fully saturated rings. The fraction of sp³-hybridized carbons (Fsp3) is 0.591. The van der Waals surface area contributed by atoms with Gasteiger partial charge in [-0.05, 0) is 37.7 Å². The smallest absolute Gasteiger partial charge is 0.282 e. The quantitative estimate of drug-likeness (QED) is 0.529. The van der Waals surface area contributed by atoms with E-state index in [1.165, 1.54) is 11.3 Å². The van der Waals surface area contributed by atoms with E-state index in [1.54, 1.807) is 6.07 Å². The molecular formula is C22H30N6O4S. The summed E-state index contributed by atoms with van der Waals surface area (Å²) in [4.78, 5) is 29.1. The van der Waals surface area contributed by atoms with E-state index in [9.17, 15) is 9.59 Å². The van der Waals surface area contributed by atoms with Crippen LogP contribution in [0.1, 0.15) is 70.9 Å². The van der Waals surface area contributed by atoms with E-state index < -0.39 is 5.91 Å². The number of hydrogen-bond acceptors (Lipinski definition) is 9. The first-order valence-corrected chi connectivity index (χ1v) is 12.2. The van der Waals surface area contributed by atoms with Crippen molar-refractivity contribution < 1.29 is 19.1 Å². The molecule has 2 aromatic rings. The van der Waals surface area contributed by atoms with Crippen molar-refractivity contribution in [1.82, 2.24) is 20.5 Å². The molecule has 0 atom stereocenters. The van der Waals surface area contributed by atoms with E-state index in [0.29, 0.717) is 41.6 Å². The van der Waals surface area contributed by atoms with Gasteiger partial charge in [-0.1, -0.05) is 25.2 Å². The standard InChI is InChI=1S/C22H30N6O4S/c1-12(2)10-24-22-28-27-21(33-22)19(30)25-14-3-5-15(6-4-14)32-20-16(18(23)29)9-13-11-31-8-7-17(13)26-20/h9,12,14-15H,3-8,10-11H2,1-2H3,(H2,23,29)(H,24,28)(H,25,30)/t14-,15-. The number of carbonyl (C=O) groups is 2. The van der Waals surface area contributed by atoms with Crippen molar-refractivity contribution in [2.45, 2.75) is 64.7 Å². The normalized spacial score (nSPS) is 20.2. The lowest BCUT2D eigenvalue weighted by Gasteiger charge is -2.29. The second-order valence-electron chi connectivity index (χ2n) is 8.87. The maximum absolute atomic E-state index is 12.6. The molecule has 0 radical (unpaired) electrons. The molecule has 3 heterocycles. The third-order valence-electron chi connectivity index (χ3n) is 5.73. The highest BCUT2D eigenvalue weighted by molar-refractivity contribution is 7.17. The van der Waals surface area contributed by atoms with Crippen molar-refractivity contribution in [3.8, 4) is 5.88 Å². The Kier molecular flexibility index (Phi) is 7.39. The molecule has 10 nitrogen and oxygen atoms in total. The zero-order valence-corrected chi connectivity index (χ0v) is 19.7. The van der Waals surface area contributed by atoms with Crippen molar-refractivity contribution in [3.05, 3.63) is 27.9 Å². The maximum atomic E-state index is 12.6. The zero-order valence-electron chi connectivity index (χ0n) is 18.9. The largest absolute Gasteiger partial charge is 0.474 e. The number of hydrogen-bond donors (Lipinski definition) is 3. The minimum atomic E-state index is -0.564. The SMILES string of the molecule is CC(C)CNc1nnc(C(=O)N[C@H]2CC[C@H](Oc3nc4c(cc3C(N)=O)COCC4)CC2)s1. The van der Waals surface area contributed by atoms with Gasteiger partial charge in [0.1, 0.15) is 11.7 Å². The molecule has 2 amide bonds. The number of anilines is 1. The molecular weight excluding hydrogens is 444 g/mol. The van der Waals surface area contributed by atoms with Crippen molar-refractivity contribution in [2.24, 2.45) is 11.7 Å². The van der Waals surface area contributed by atoms with Gasteiger partial charge in [0.05, 0.1) is 18.9 Å². The van der Waals surface area contributed by atoms with E-state index in [-0.39, 0.29) is 23.6 Å². The molecule has 0 unspecified atom stereocenters. The van der Waals surface area contributed by atoms with Crippen LogP contribution in [0.4, 0.5) is 5.13 Å². The summed E-state index contributed by atoms with van der Waals surface area (Å²) < 4.78 is 11.5. The number of primary amides is 1. The van der Waals surface area contributed by atoms with Crippen LogP contribution in [0.25, 0.3) is 0 Å². The molecule has 1 saturated carbocycles. The molecule has 33 heavy (non-hydrogen) atoms. The van der Waals surface area contributed by atoms with Crippen LogP contribution in [0, 0.1) is 5.92 Å². The van der Waals surface area contributed by atoms with Gasteiger partial charge in [-0.25, -0.2) is 4.98 Å². The fourth-order valence-corrected chi connectivity index (χ4v) is 4.59. The van der Waals surface area contributed by atoms with Gasteiger partial charge in [-0.15, -0.1) is 10.2 Å². The van der Waals surface area contributed by atoms with Gasteiger partial charge < -0.3 is 25.8 Å². The van der Waals surface area contributed by atoms with Gasteiger partial charge in [0.15, 0.2) is 0 Å². The molecule has 2 aliphatic rings. The summed E-state index contributed by atoms with van der Waals surface area (Å²) in [6.45, 7) is 6.02. The Morgan fingerprint density at radius 2 is 2.06 bits per heavy atom. The Morgan fingerprint density at radius 3 is 2.79 bits per heavy atom. The predicted octanol–water partition coefficient (Wildman–Crippen LogP) is 2.29. The van der Waals surface area contributed by atoms with Crippen molar-refractivity contribution in [1.29, 1.82) is 0 Å². The summed E-state index contributed by atoms with van der Waals surface area (Å²) in [6.07, 6.45) is 3.60. The van der Waals surface area contributed by atoms with Gasteiger partial charge in [-0.2, -0.15) is 0 Å². The average molecular weight is 475 g/mol. The molecule has 11 heteroatoms. The number of amides is 2. The molecule has 0 spiro atoms. The number of aromatic nitrogens is 3. The summed E-state index contributed by atoms with van der Waals surface area (Å²) in [5.41, 5.74) is 7.62. The van der Waals surface area contributed by atoms with Crippen LogP contribution in [0.3, 0.4) is 0 Å². The van der Waals surface area contributed by atoms with Crippen LogP contribution in [-0.2, 0) is 17.8 Å². The highest BCUT2D eigenvalue weighted by Crippen LogP contribution is 2.28. The summed E-state index contributed by atoms with van der Waals surface area (Å²) in [5.74, 6) is 0.00858. The summed E-state index contributed by atoms with van der Waals surface area (Å²) >= 11 is 1.26. The second kappa shape index (κ2) is 10.4. The highest BCUT2D eigenvalue weighted by atomic mass is 32.1. The molecule has 1 aliphatic carbocycles. The fourth-order valence-electron chi connectivity index (χ4n) is 3.94. The number of nitrogens with zero attached hydrogens (tertiary/aromatic N) is 3. The van der Waals surface area contributed by atoms with E-state index in [2.05, 4.69) is 39.7 Å². The Bertz CT molecular complexity index is 1000. The average Bonchev–Trinajstić information content (AvgIpc) is 3.28. The lowest BCUT2D eigenvalue weighted by atomic mass is 9.93. The van der Waals surface area contributed by atoms with Gasteiger partial charge in [0.25, 0.3) is 11.8 Å². The molecule has 4 N–H and O–H groups in total. The number of nitrogens with two attached hydrogens (primary N) is 1. The number of nitrogens with one attached hydrogen (secondary N) is 2. The minimum Gasteiger partial charge on any atom is -0.474 e. The Labute approximate surface area is 196 Å². The van der Waals surface area contributed by atoms with Crippen LogP contribution in [0.15, 0.2) is 6.07 Å². The van der Waals surface area contributed by atoms with E-state index in [1.807, 2.05) is 0 Å². The topological polar surface area (TPSA) is 141 Å². The maximum Gasteiger partial charge on any atom is 0.282 e. The molecule has 1 aliphatic heterocycles. The summed E-state index contributed by atoms with van der Waals surface area (Å²) in [7, 11) is 0. The molecule has 0 saturated heterocycles. The summed E-state index contributed by atoms with van der Waals surface area (Å²) in [5, 5.41) is 15.3. The number of ether oxygens (including phenoxy) is 2. The van der Waals surface area contributed by atoms with Crippen molar-refractivity contribution >= 4 is 28.3 Å². The number of fused-ring (bicyclic) bond motifs is 1. The molecule has 0 bridgehead atoms. The molecule has 4 rings (SSSR count). The van der Waals surface area contributed by atoms with Crippen LogP contribution in [0.2, 0.25) is 0 Å². The Hall–Kier alpha value is -2.79. The zero-order chi connectivity index (χ0) is 23.4. The monoisotopic (exact) mass is 474 g/mol. The van der Waals surface area contributed by atoms with Crippen LogP contribution >= 0.6 is 11.3 Å². The van der Waals surface area contributed by atoms with Gasteiger partial charge in [0.2, 0.25) is 16.0 Å². The summed E-state index contributed by atoms with van der Waals surface area (Å²) in [6, 6.07) is 1.77. The number of rotatable bonds is 8. The lowest BCUT2D eigenvalue weighted by Crippen LogP contribution is -2.40. The predicted molar refractivity (Wildman–Crippen MR) is 123 cm³/mol. The molecule has 0 aromatic carbocycles. The minimum absolute atomic E-state index is 0.0394. The second-order valence-corrected chi connectivity index (χ2v) is 9.84. The molecule has 2 aromatic heterocycles. The Balaban J connectivity index is 1.30. The van der Waals surface area contributed by atoms with Crippen molar-refractivity contribution in [3.63, 3.8) is 0 Å². The van der Waals surface area contributed by atoms with Crippen LogP contribution in [-0.4, -0.2) is 52.3 Å². The first kappa shape index (κ1) is 23.4. The first-order valence-electron chi connectivity index (χ1n) is 11.3. The highest BCUT2D eigenvalue weighted by Gasteiger charge is 2.27. The van der Waals surface area contributed by atoms with Crippen LogP contribution < -0.4 is 21.1 Å². The van der Waals surface area contributed by atoms with E-state index in [0.717, 1.165) is 43.5 Å². The van der Waals surface area contributed by atoms with Gasteiger partial charge in [-0.3, -0.25) is 9.59 Å².